The third-order valence-electron chi connectivity index (χ3n) is 5.31. The first kappa shape index (κ1) is 25.3. The van der Waals surface area contributed by atoms with Gasteiger partial charge in [-0.3, -0.25) is 9.88 Å². The number of carboxylic acids is 1. The number of hydrogen-bond acceptors (Lipinski definition) is 4. The number of aliphatic carboxylic acids is 1. The number of carbonyl (C=O) groups is 2. The van der Waals surface area contributed by atoms with E-state index < -0.39 is 12.1 Å². The topological polar surface area (TPSA) is 91.8 Å². The van der Waals surface area contributed by atoms with Crippen LogP contribution in [-0.2, 0) is 16.0 Å². The van der Waals surface area contributed by atoms with Gasteiger partial charge >= 0.3 is 12.0 Å². The normalized spacial score (nSPS) is 11.7. The van der Waals surface area contributed by atoms with Crippen LogP contribution < -0.4 is 10.2 Å². The maximum Gasteiger partial charge on any atom is 0.333 e. The summed E-state index contributed by atoms with van der Waals surface area (Å²) in [4.78, 5) is 29.8. The van der Waals surface area contributed by atoms with Gasteiger partial charge in [0.15, 0.2) is 6.10 Å². The Kier molecular flexibility index (Phi) is 10.7. The number of benzene rings is 1. The molecule has 174 valence electrons. The zero-order valence-electron chi connectivity index (χ0n) is 19.3. The van der Waals surface area contributed by atoms with Crippen molar-refractivity contribution in [2.24, 2.45) is 0 Å². The fraction of sp³-hybridized carbons (Fsp3) is 0.480. The maximum absolute atomic E-state index is 12.5. The van der Waals surface area contributed by atoms with Crippen molar-refractivity contribution in [3.8, 4) is 11.3 Å². The molecular weight excluding hydrogens is 406 g/mol. The minimum absolute atomic E-state index is 0.136. The summed E-state index contributed by atoms with van der Waals surface area (Å²) in [5.74, 6) is -0.965. The zero-order valence-corrected chi connectivity index (χ0v) is 19.3. The van der Waals surface area contributed by atoms with Crippen molar-refractivity contribution in [3.63, 3.8) is 0 Å². The summed E-state index contributed by atoms with van der Waals surface area (Å²) in [5, 5.41) is 12.2. The second-order valence-electron chi connectivity index (χ2n) is 7.79. The lowest BCUT2D eigenvalue weighted by Crippen LogP contribution is -2.37. The number of unbranched alkanes of at least 4 members (excludes halogenated alkanes) is 4. The Morgan fingerprint density at radius 1 is 1.09 bits per heavy atom. The minimum Gasteiger partial charge on any atom is -0.479 e. The molecule has 2 aromatic rings. The van der Waals surface area contributed by atoms with E-state index in [1.54, 1.807) is 31.1 Å². The molecule has 0 saturated heterocycles. The number of nitrogens with one attached hydrogen (secondary N) is 1. The van der Waals surface area contributed by atoms with Crippen LogP contribution in [0.3, 0.4) is 0 Å². The Morgan fingerprint density at radius 3 is 2.47 bits per heavy atom. The summed E-state index contributed by atoms with van der Waals surface area (Å²) in [6.45, 7) is 4.99. The first-order valence-corrected chi connectivity index (χ1v) is 11.4. The molecule has 0 fully saturated rings. The SMILES string of the molecule is CCCCCCCNC(=O)N(C)c1ccnc(-c2ccc(C[C@H](OCC)C(=O)O)cc2)c1. The van der Waals surface area contributed by atoms with Gasteiger partial charge in [0, 0.05) is 44.1 Å². The smallest absolute Gasteiger partial charge is 0.333 e. The highest BCUT2D eigenvalue weighted by atomic mass is 16.5. The molecule has 0 aliphatic heterocycles. The number of ether oxygens (including phenoxy) is 1. The molecule has 1 aromatic heterocycles. The average molecular weight is 442 g/mol. The van der Waals surface area contributed by atoms with Crippen LogP contribution in [0.2, 0.25) is 0 Å². The third kappa shape index (κ3) is 7.96. The summed E-state index contributed by atoms with van der Waals surface area (Å²) in [6, 6.07) is 11.1. The summed E-state index contributed by atoms with van der Waals surface area (Å²) in [5.41, 5.74) is 3.27. The van der Waals surface area contributed by atoms with Gasteiger partial charge in [0.1, 0.15) is 0 Å². The van der Waals surface area contributed by atoms with Gasteiger partial charge in [0.05, 0.1) is 5.69 Å². The quantitative estimate of drug-likeness (QED) is 0.432. The van der Waals surface area contributed by atoms with Gasteiger partial charge < -0.3 is 15.2 Å². The monoisotopic (exact) mass is 441 g/mol. The summed E-state index contributed by atoms with van der Waals surface area (Å²) >= 11 is 0. The molecule has 7 nitrogen and oxygen atoms in total. The number of aromatic nitrogens is 1. The molecule has 0 aliphatic carbocycles. The molecule has 0 aliphatic rings. The highest BCUT2D eigenvalue weighted by Gasteiger charge is 2.18. The van der Waals surface area contributed by atoms with Crippen LogP contribution in [0.1, 0.15) is 51.5 Å². The van der Waals surface area contributed by atoms with E-state index in [2.05, 4.69) is 17.2 Å². The van der Waals surface area contributed by atoms with Crippen LogP contribution >= 0.6 is 0 Å². The number of amides is 2. The van der Waals surface area contributed by atoms with Gasteiger partial charge in [-0.2, -0.15) is 0 Å². The Labute approximate surface area is 190 Å². The third-order valence-corrected chi connectivity index (χ3v) is 5.31. The predicted octanol–water partition coefficient (Wildman–Crippen LogP) is 4.90. The molecule has 2 amide bonds. The van der Waals surface area contributed by atoms with Crippen molar-refractivity contribution in [2.75, 3.05) is 25.1 Å². The lowest BCUT2D eigenvalue weighted by atomic mass is 10.0. The average Bonchev–Trinajstić information content (AvgIpc) is 2.81. The molecule has 0 unspecified atom stereocenters. The molecular formula is C25H35N3O4. The summed E-state index contributed by atoms with van der Waals surface area (Å²) < 4.78 is 5.28. The van der Waals surface area contributed by atoms with Gasteiger partial charge in [-0.05, 0) is 31.0 Å². The molecule has 0 radical (unpaired) electrons. The Balaban J connectivity index is 1.98. The number of urea groups is 1. The highest BCUT2D eigenvalue weighted by molar-refractivity contribution is 5.91. The van der Waals surface area contributed by atoms with Crippen LogP contribution in [0, 0.1) is 0 Å². The molecule has 32 heavy (non-hydrogen) atoms. The van der Waals surface area contributed by atoms with Gasteiger partial charge in [0.2, 0.25) is 0 Å². The molecule has 0 spiro atoms. The number of pyridine rings is 1. The molecule has 0 bridgehead atoms. The second kappa shape index (κ2) is 13.5. The van der Waals surface area contributed by atoms with Gasteiger partial charge in [0.25, 0.3) is 0 Å². The van der Waals surface area contributed by atoms with E-state index in [-0.39, 0.29) is 6.03 Å². The summed E-state index contributed by atoms with van der Waals surface area (Å²) in [6.07, 6.45) is 6.90. The number of rotatable bonds is 13. The minimum atomic E-state index is -0.965. The van der Waals surface area contributed by atoms with Gasteiger partial charge in [-0.25, -0.2) is 9.59 Å². The Bertz CT molecular complexity index is 855. The molecule has 1 heterocycles. The number of nitrogens with zero attached hydrogens (tertiary/aromatic N) is 2. The Hall–Kier alpha value is -2.93. The van der Waals surface area contributed by atoms with Gasteiger partial charge in [-0.1, -0.05) is 56.9 Å². The van der Waals surface area contributed by atoms with Crippen LogP contribution in [-0.4, -0.2) is 48.4 Å². The zero-order chi connectivity index (χ0) is 23.3. The summed E-state index contributed by atoms with van der Waals surface area (Å²) in [7, 11) is 1.74. The van der Waals surface area contributed by atoms with E-state index in [1.807, 2.05) is 30.3 Å². The fourth-order valence-corrected chi connectivity index (χ4v) is 3.39. The van der Waals surface area contributed by atoms with Crippen molar-refractivity contribution >= 4 is 17.7 Å². The highest BCUT2D eigenvalue weighted by Crippen LogP contribution is 2.23. The van der Waals surface area contributed by atoms with E-state index in [1.165, 1.54) is 19.3 Å². The van der Waals surface area contributed by atoms with E-state index in [4.69, 9.17) is 4.74 Å². The lowest BCUT2D eigenvalue weighted by molar-refractivity contribution is -0.149. The van der Waals surface area contributed by atoms with E-state index in [0.717, 1.165) is 35.3 Å². The van der Waals surface area contributed by atoms with Crippen molar-refractivity contribution < 1.29 is 19.4 Å². The van der Waals surface area contributed by atoms with Crippen LogP contribution in [0.5, 0.6) is 0 Å². The van der Waals surface area contributed by atoms with Crippen molar-refractivity contribution in [1.29, 1.82) is 0 Å². The Morgan fingerprint density at radius 2 is 1.81 bits per heavy atom. The van der Waals surface area contributed by atoms with E-state index in [0.29, 0.717) is 19.6 Å². The van der Waals surface area contributed by atoms with Crippen molar-refractivity contribution in [2.45, 2.75) is 58.5 Å². The number of hydrogen-bond donors (Lipinski definition) is 2. The molecule has 2 rings (SSSR count). The van der Waals surface area contributed by atoms with E-state index in [9.17, 15) is 14.7 Å². The second-order valence-corrected chi connectivity index (χ2v) is 7.79. The number of carboxylic acid groups (broad SMARTS) is 1. The van der Waals surface area contributed by atoms with E-state index >= 15 is 0 Å². The lowest BCUT2D eigenvalue weighted by Gasteiger charge is -2.19. The van der Waals surface area contributed by atoms with Crippen LogP contribution in [0.4, 0.5) is 10.5 Å². The predicted molar refractivity (Wildman–Crippen MR) is 127 cm³/mol. The molecule has 1 aromatic carbocycles. The molecule has 2 N–H and O–H groups in total. The largest absolute Gasteiger partial charge is 0.479 e. The molecule has 7 heteroatoms. The van der Waals surface area contributed by atoms with Gasteiger partial charge in [-0.15, -0.1) is 0 Å². The van der Waals surface area contributed by atoms with Crippen molar-refractivity contribution in [3.05, 3.63) is 48.2 Å². The van der Waals surface area contributed by atoms with Crippen molar-refractivity contribution in [1.82, 2.24) is 10.3 Å². The first-order valence-electron chi connectivity index (χ1n) is 11.4. The standard InChI is InChI=1S/C25H35N3O4/c1-4-6-7-8-9-15-27-25(31)28(3)21-14-16-26-22(18-21)20-12-10-19(11-13-20)17-23(24(29)30)32-5-2/h10-14,16,18,23H,4-9,15,17H2,1-3H3,(H,27,31)(H,29,30)/t23-/m0/s1. The molecule has 1 atom stereocenters. The number of anilines is 1. The number of carbonyl (C=O) groups excluding carboxylic acids is 1. The maximum atomic E-state index is 12.5. The van der Waals surface area contributed by atoms with Crippen LogP contribution in [0.15, 0.2) is 42.6 Å². The first-order chi connectivity index (χ1) is 15.5. The van der Waals surface area contributed by atoms with Crippen LogP contribution in [0.25, 0.3) is 11.3 Å². The molecule has 0 saturated carbocycles. The fourth-order valence-electron chi connectivity index (χ4n) is 3.39.